The Bertz CT molecular complexity index is 1140. The summed E-state index contributed by atoms with van der Waals surface area (Å²) in [4.78, 5) is 14.3. The number of hydrogen-bond acceptors (Lipinski definition) is 4. The number of carbonyl (C=O) groups is 1. The van der Waals surface area contributed by atoms with Crippen LogP contribution in [-0.2, 0) is 10.3 Å². The van der Waals surface area contributed by atoms with Gasteiger partial charge < -0.3 is 15.4 Å². The zero-order valence-electron chi connectivity index (χ0n) is 18.4. The van der Waals surface area contributed by atoms with Crippen molar-refractivity contribution in [1.29, 1.82) is 0 Å². The van der Waals surface area contributed by atoms with Gasteiger partial charge in [-0.3, -0.25) is 9.69 Å². The highest BCUT2D eigenvalue weighted by molar-refractivity contribution is 5.95. The molecule has 0 unspecified atom stereocenters. The van der Waals surface area contributed by atoms with Crippen LogP contribution in [0.2, 0.25) is 0 Å². The molecule has 0 saturated heterocycles. The van der Waals surface area contributed by atoms with Crippen molar-refractivity contribution in [3.8, 4) is 11.5 Å². The molecular weight excluding hydrogens is 386 g/mol. The maximum Gasteiger partial charge on any atom is 0.215 e. The van der Waals surface area contributed by atoms with Crippen LogP contribution < -0.4 is 20.3 Å². The first-order valence-electron chi connectivity index (χ1n) is 10.9. The SMILES string of the molecule is CCNc1cc2c(cc1C)C1(c3cc(C)c(NCC)cc3O2)c2ccccc2N1C=O. The highest BCUT2D eigenvalue weighted by Gasteiger charge is 2.57. The molecule has 0 saturated carbocycles. The van der Waals surface area contributed by atoms with Crippen molar-refractivity contribution in [3.05, 3.63) is 76.3 Å². The lowest BCUT2D eigenvalue weighted by Crippen LogP contribution is -2.57. The fraction of sp³-hybridized carbons (Fsp3) is 0.269. The summed E-state index contributed by atoms with van der Waals surface area (Å²) in [6.07, 6.45) is 0.947. The van der Waals surface area contributed by atoms with Crippen LogP contribution in [0.1, 0.15) is 41.7 Å². The third-order valence-electron chi connectivity index (χ3n) is 6.41. The zero-order valence-corrected chi connectivity index (χ0v) is 18.4. The zero-order chi connectivity index (χ0) is 21.8. The normalized spacial score (nSPS) is 14.6. The Kier molecular flexibility index (Phi) is 4.43. The van der Waals surface area contributed by atoms with Gasteiger partial charge in [0.05, 0.1) is 5.69 Å². The first-order valence-corrected chi connectivity index (χ1v) is 10.9. The highest BCUT2D eigenvalue weighted by Crippen LogP contribution is 2.62. The molecular formula is C26H27N3O2. The number of carbonyl (C=O) groups excluding carboxylic acids is 1. The minimum Gasteiger partial charge on any atom is -0.456 e. The summed E-state index contributed by atoms with van der Waals surface area (Å²) in [7, 11) is 0. The number of ether oxygens (including phenoxy) is 1. The average molecular weight is 414 g/mol. The summed E-state index contributed by atoms with van der Waals surface area (Å²) in [5.74, 6) is 1.56. The van der Waals surface area contributed by atoms with E-state index in [-0.39, 0.29) is 0 Å². The molecule has 1 spiro atoms. The molecule has 5 heteroatoms. The number of fused-ring (bicyclic) bond motifs is 6. The monoisotopic (exact) mass is 413 g/mol. The predicted molar refractivity (Wildman–Crippen MR) is 126 cm³/mol. The summed E-state index contributed by atoms with van der Waals surface area (Å²) >= 11 is 0. The second-order valence-electron chi connectivity index (χ2n) is 8.19. The topological polar surface area (TPSA) is 53.6 Å². The van der Waals surface area contributed by atoms with E-state index >= 15 is 0 Å². The summed E-state index contributed by atoms with van der Waals surface area (Å²) in [6, 6.07) is 16.6. The third-order valence-corrected chi connectivity index (χ3v) is 6.41. The average Bonchev–Trinajstić information content (AvgIpc) is 2.75. The molecule has 0 aliphatic carbocycles. The maximum absolute atomic E-state index is 12.4. The van der Waals surface area contributed by atoms with Crippen LogP contribution in [0, 0.1) is 13.8 Å². The Hall–Kier alpha value is -3.47. The summed E-state index contributed by atoms with van der Waals surface area (Å²) in [6.45, 7) is 10.0. The minimum atomic E-state index is -0.688. The van der Waals surface area contributed by atoms with Crippen molar-refractivity contribution >= 4 is 23.5 Å². The van der Waals surface area contributed by atoms with Crippen LogP contribution in [0.5, 0.6) is 11.5 Å². The van der Waals surface area contributed by atoms with Crippen LogP contribution in [0.4, 0.5) is 17.1 Å². The number of amides is 1. The molecule has 0 fully saturated rings. The number of aryl methyl sites for hydroxylation is 2. The number of anilines is 3. The molecule has 0 radical (unpaired) electrons. The standard InChI is InChI=1S/C26H27N3O2/c1-5-27-21-13-24-19(11-16(21)3)26(18-9-7-8-10-23(18)29(26)15-30)20-12-17(4)22(28-6-2)14-25(20)31-24/h7-15,27-28H,5-6H2,1-4H3. The minimum absolute atomic E-state index is 0.688. The van der Waals surface area contributed by atoms with E-state index in [2.05, 4.69) is 68.7 Å². The molecule has 2 aliphatic heterocycles. The van der Waals surface area contributed by atoms with E-state index in [1.807, 2.05) is 23.1 Å². The molecule has 5 nitrogen and oxygen atoms in total. The van der Waals surface area contributed by atoms with Crippen LogP contribution in [0.15, 0.2) is 48.5 Å². The Labute approximate surface area is 183 Å². The quantitative estimate of drug-likeness (QED) is 0.539. The van der Waals surface area contributed by atoms with Crippen LogP contribution in [-0.4, -0.2) is 19.5 Å². The van der Waals surface area contributed by atoms with Gasteiger partial charge in [0.15, 0.2) is 0 Å². The summed E-state index contributed by atoms with van der Waals surface area (Å²) in [5, 5.41) is 6.85. The van der Waals surface area contributed by atoms with Gasteiger partial charge in [0, 0.05) is 53.3 Å². The smallest absolute Gasteiger partial charge is 0.215 e. The number of hydrogen-bond donors (Lipinski definition) is 2. The van der Waals surface area contributed by atoms with Gasteiger partial charge in [-0.1, -0.05) is 18.2 Å². The molecule has 0 bridgehead atoms. The molecule has 158 valence electrons. The van der Waals surface area contributed by atoms with Gasteiger partial charge in [-0.05, 0) is 57.0 Å². The van der Waals surface area contributed by atoms with Gasteiger partial charge >= 0.3 is 0 Å². The fourth-order valence-corrected chi connectivity index (χ4v) is 5.07. The number of rotatable bonds is 5. The molecule has 1 amide bonds. The fourth-order valence-electron chi connectivity index (χ4n) is 5.07. The first-order chi connectivity index (χ1) is 15.1. The number of nitrogens with one attached hydrogen (secondary N) is 2. The lowest BCUT2D eigenvalue weighted by molar-refractivity contribution is -0.108. The molecule has 2 N–H and O–H groups in total. The Balaban J connectivity index is 1.84. The van der Waals surface area contributed by atoms with Crippen LogP contribution in [0.3, 0.4) is 0 Å². The highest BCUT2D eigenvalue weighted by atomic mass is 16.5. The van der Waals surface area contributed by atoms with Gasteiger partial charge in [0.2, 0.25) is 6.41 Å². The molecule has 5 rings (SSSR count). The molecule has 0 atom stereocenters. The molecule has 2 aliphatic rings. The number of benzene rings is 3. The van der Waals surface area contributed by atoms with Crippen LogP contribution >= 0.6 is 0 Å². The second kappa shape index (κ2) is 7.05. The van der Waals surface area contributed by atoms with Crippen LogP contribution in [0.25, 0.3) is 0 Å². The van der Waals surface area contributed by atoms with Gasteiger partial charge in [-0.25, -0.2) is 0 Å². The van der Waals surface area contributed by atoms with Crippen molar-refractivity contribution in [3.63, 3.8) is 0 Å². The van der Waals surface area contributed by atoms with Crippen molar-refractivity contribution < 1.29 is 9.53 Å². The molecule has 0 aromatic heterocycles. The van der Waals surface area contributed by atoms with E-state index in [1.165, 1.54) is 0 Å². The molecule has 3 aromatic rings. The van der Waals surface area contributed by atoms with Crippen molar-refractivity contribution in [2.24, 2.45) is 0 Å². The lowest BCUT2D eigenvalue weighted by Gasteiger charge is -2.55. The second-order valence-corrected chi connectivity index (χ2v) is 8.19. The van der Waals surface area contributed by atoms with E-state index in [9.17, 15) is 4.79 Å². The number of nitrogens with zero attached hydrogens (tertiary/aromatic N) is 1. The lowest BCUT2D eigenvalue weighted by atomic mass is 9.67. The number of para-hydroxylation sites is 1. The first kappa shape index (κ1) is 19.5. The van der Waals surface area contributed by atoms with Gasteiger partial charge in [-0.15, -0.1) is 0 Å². The van der Waals surface area contributed by atoms with Gasteiger partial charge in [0.25, 0.3) is 0 Å². The van der Waals surface area contributed by atoms with E-state index in [0.29, 0.717) is 0 Å². The van der Waals surface area contributed by atoms with Gasteiger partial charge in [0.1, 0.15) is 17.0 Å². The van der Waals surface area contributed by atoms with Crippen molar-refractivity contribution in [2.45, 2.75) is 33.2 Å². The molecule has 3 aromatic carbocycles. The van der Waals surface area contributed by atoms with Gasteiger partial charge in [-0.2, -0.15) is 0 Å². The third kappa shape index (κ3) is 2.52. The molecule has 31 heavy (non-hydrogen) atoms. The summed E-state index contributed by atoms with van der Waals surface area (Å²) in [5.41, 5.74) is 7.73. The maximum atomic E-state index is 12.4. The van der Waals surface area contributed by atoms with E-state index < -0.39 is 5.54 Å². The van der Waals surface area contributed by atoms with E-state index in [4.69, 9.17) is 4.74 Å². The van der Waals surface area contributed by atoms with Crippen molar-refractivity contribution in [2.75, 3.05) is 28.6 Å². The van der Waals surface area contributed by atoms with E-state index in [1.54, 1.807) is 0 Å². The largest absolute Gasteiger partial charge is 0.456 e. The van der Waals surface area contributed by atoms with E-state index in [0.717, 1.165) is 75.9 Å². The predicted octanol–water partition coefficient (Wildman–Crippen LogP) is 5.54. The Morgan fingerprint density at radius 2 is 1.42 bits per heavy atom. The Morgan fingerprint density at radius 3 is 1.94 bits per heavy atom. The Morgan fingerprint density at radius 1 is 0.871 bits per heavy atom. The van der Waals surface area contributed by atoms with Crippen molar-refractivity contribution in [1.82, 2.24) is 0 Å². The molecule has 2 heterocycles. The summed E-state index contributed by atoms with van der Waals surface area (Å²) < 4.78 is 6.48.